The van der Waals surface area contributed by atoms with Crippen LogP contribution in [0.15, 0.2) is 0 Å². The van der Waals surface area contributed by atoms with Crippen LogP contribution >= 0.6 is 0 Å². The molecule has 2 heteroatoms. The molecule has 0 rings (SSSR count). The monoisotopic (exact) mass is 384 g/mol. The lowest BCUT2D eigenvalue weighted by Gasteiger charge is -2.26. The summed E-state index contributed by atoms with van der Waals surface area (Å²) in [5.41, 5.74) is 0.299. The SMILES string of the molecule is CCCCCCCCCOCC(CC(C)(C)C)OCCCCCCCCC. The van der Waals surface area contributed by atoms with Gasteiger partial charge in [0.15, 0.2) is 0 Å². The molecule has 0 spiro atoms. The van der Waals surface area contributed by atoms with Crippen LogP contribution in [0, 0.1) is 5.41 Å². The zero-order valence-corrected chi connectivity index (χ0v) is 19.6. The maximum absolute atomic E-state index is 6.19. The van der Waals surface area contributed by atoms with Crippen LogP contribution in [-0.2, 0) is 9.47 Å². The zero-order chi connectivity index (χ0) is 20.2. The van der Waals surface area contributed by atoms with Gasteiger partial charge in [-0.25, -0.2) is 0 Å². The molecule has 0 radical (unpaired) electrons. The van der Waals surface area contributed by atoms with E-state index < -0.39 is 0 Å². The first-order chi connectivity index (χ1) is 13.0. The highest BCUT2D eigenvalue weighted by Gasteiger charge is 2.19. The van der Waals surface area contributed by atoms with Crippen LogP contribution in [0.3, 0.4) is 0 Å². The van der Waals surface area contributed by atoms with Crippen molar-refractivity contribution in [2.24, 2.45) is 5.41 Å². The van der Waals surface area contributed by atoms with E-state index in [1.807, 2.05) is 0 Å². The van der Waals surface area contributed by atoms with Gasteiger partial charge >= 0.3 is 0 Å². The summed E-state index contributed by atoms with van der Waals surface area (Å²) >= 11 is 0. The zero-order valence-electron chi connectivity index (χ0n) is 19.6. The maximum atomic E-state index is 6.19. The van der Waals surface area contributed by atoms with Crippen LogP contribution in [-0.4, -0.2) is 25.9 Å². The molecule has 0 N–H and O–H groups in total. The number of rotatable bonds is 20. The van der Waals surface area contributed by atoms with Crippen LogP contribution in [0.4, 0.5) is 0 Å². The van der Waals surface area contributed by atoms with Gasteiger partial charge in [0.2, 0.25) is 0 Å². The summed E-state index contributed by atoms with van der Waals surface area (Å²) in [6, 6.07) is 0. The summed E-state index contributed by atoms with van der Waals surface area (Å²) in [6.07, 6.45) is 20.1. The molecule has 0 aliphatic rings. The Bertz CT molecular complexity index is 283. The average Bonchev–Trinajstić information content (AvgIpc) is 2.61. The predicted molar refractivity (Wildman–Crippen MR) is 121 cm³/mol. The van der Waals surface area contributed by atoms with Crippen molar-refractivity contribution >= 4 is 0 Å². The van der Waals surface area contributed by atoms with Crippen LogP contribution in [0.1, 0.15) is 131 Å². The summed E-state index contributed by atoms with van der Waals surface area (Å²) in [4.78, 5) is 0. The lowest BCUT2D eigenvalue weighted by atomic mass is 9.89. The fraction of sp³-hybridized carbons (Fsp3) is 1.00. The van der Waals surface area contributed by atoms with E-state index in [1.54, 1.807) is 0 Å². The molecule has 0 heterocycles. The normalized spacial score (nSPS) is 13.2. The summed E-state index contributed by atoms with van der Waals surface area (Å²) in [7, 11) is 0. The summed E-state index contributed by atoms with van der Waals surface area (Å²) in [6.45, 7) is 14.0. The molecule has 1 atom stereocenters. The van der Waals surface area contributed by atoms with Gasteiger partial charge in [0.05, 0.1) is 12.7 Å². The molecule has 0 bridgehead atoms. The minimum absolute atomic E-state index is 0.259. The quantitative estimate of drug-likeness (QED) is 0.196. The largest absolute Gasteiger partial charge is 0.379 e. The minimum Gasteiger partial charge on any atom is -0.379 e. The lowest BCUT2D eigenvalue weighted by molar-refractivity contribution is -0.0363. The third kappa shape index (κ3) is 22.1. The molecule has 0 aromatic heterocycles. The molecular weight excluding hydrogens is 332 g/mol. The molecule has 1 unspecified atom stereocenters. The van der Waals surface area contributed by atoms with Gasteiger partial charge in [-0.2, -0.15) is 0 Å². The highest BCUT2D eigenvalue weighted by atomic mass is 16.5. The van der Waals surface area contributed by atoms with Crippen LogP contribution in [0.2, 0.25) is 0 Å². The molecule has 164 valence electrons. The fourth-order valence-corrected chi connectivity index (χ4v) is 3.53. The molecular formula is C25H52O2. The molecule has 0 aromatic carbocycles. The highest BCUT2D eigenvalue weighted by Crippen LogP contribution is 2.23. The molecule has 27 heavy (non-hydrogen) atoms. The van der Waals surface area contributed by atoms with E-state index in [2.05, 4.69) is 34.6 Å². The van der Waals surface area contributed by atoms with Crippen molar-refractivity contribution in [3.63, 3.8) is 0 Å². The molecule has 0 aromatic rings. The van der Waals surface area contributed by atoms with Gasteiger partial charge in [-0.3, -0.25) is 0 Å². The second-order valence-electron chi connectivity index (χ2n) is 9.58. The molecule has 0 fully saturated rings. The fourth-order valence-electron chi connectivity index (χ4n) is 3.53. The van der Waals surface area contributed by atoms with Crippen molar-refractivity contribution in [1.29, 1.82) is 0 Å². The van der Waals surface area contributed by atoms with E-state index in [-0.39, 0.29) is 6.10 Å². The number of hydrogen-bond acceptors (Lipinski definition) is 2. The molecule has 0 aliphatic carbocycles. The van der Waals surface area contributed by atoms with Crippen molar-refractivity contribution in [3.8, 4) is 0 Å². The maximum Gasteiger partial charge on any atom is 0.0813 e. The Labute approximate surface area is 172 Å². The van der Waals surface area contributed by atoms with Crippen molar-refractivity contribution in [2.45, 2.75) is 137 Å². The second kappa shape index (κ2) is 19.2. The summed E-state index contributed by atoms with van der Waals surface area (Å²) in [5.74, 6) is 0. The van der Waals surface area contributed by atoms with Crippen molar-refractivity contribution < 1.29 is 9.47 Å². The van der Waals surface area contributed by atoms with Gasteiger partial charge < -0.3 is 9.47 Å². The molecule has 0 amide bonds. The first-order valence-electron chi connectivity index (χ1n) is 12.2. The molecule has 0 saturated carbocycles. The predicted octanol–water partition coefficient (Wildman–Crippen LogP) is 8.33. The second-order valence-corrected chi connectivity index (χ2v) is 9.58. The third-order valence-corrected chi connectivity index (χ3v) is 5.14. The average molecular weight is 385 g/mol. The smallest absolute Gasteiger partial charge is 0.0813 e. The lowest BCUT2D eigenvalue weighted by Crippen LogP contribution is -2.26. The number of hydrogen-bond donors (Lipinski definition) is 0. The Hall–Kier alpha value is -0.0800. The highest BCUT2D eigenvalue weighted by molar-refractivity contribution is 4.69. The minimum atomic E-state index is 0.259. The Kier molecular flexibility index (Phi) is 19.2. The van der Waals surface area contributed by atoms with E-state index in [4.69, 9.17) is 9.47 Å². The standard InChI is InChI=1S/C25H52O2/c1-6-8-10-12-14-16-18-20-26-23-24(22-25(3,4)5)27-21-19-17-15-13-11-9-7-2/h24H,6-23H2,1-5H3. The molecule has 0 saturated heterocycles. The van der Waals surface area contributed by atoms with Crippen molar-refractivity contribution in [1.82, 2.24) is 0 Å². The van der Waals surface area contributed by atoms with E-state index in [9.17, 15) is 0 Å². The van der Waals surface area contributed by atoms with Crippen molar-refractivity contribution in [2.75, 3.05) is 19.8 Å². The van der Waals surface area contributed by atoms with Crippen LogP contribution in [0.5, 0.6) is 0 Å². The molecule has 0 aliphatic heterocycles. The van der Waals surface area contributed by atoms with Gasteiger partial charge in [0.1, 0.15) is 0 Å². The van der Waals surface area contributed by atoms with E-state index >= 15 is 0 Å². The first-order valence-corrected chi connectivity index (χ1v) is 12.2. The Morgan fingerprint density at radius 2 is 1.04 bits per heavy atom. The van der Waals surface area contributed by atoms with Gasteiger partial charge in [0, 0.05) is 13.2 Å². The summed E-state index contributed by atoms with van der Waals surface area (Å²) in [5, 5.41) is 0. The first kappa shape index (κ1) is 26.9. The summed E-state index contributed by atoms with van der Waals surface area (Å²) < 4.78 is 12.2. The molecule has 2 nitrogen and oxygen atoms in total. The Morgan fingerprint density at radius 3 is 1.52 bits per heavy atom. The van der Waals surface area contributed by atoms with E-state index in [0.29, 0.717) is 5.41 Å². The van der Waals surface area contributed by atoms with Crippen LogP contribution in [0.25, 0.3) is 0 Å². The van der Waals surface area contributed by atoms with Gasteiger partial charge in [-0.1, -0.05) is 112 Å². The van der Waals surface area contributed by atoms with Gasteiger partial charge in [-0.15, -0.1) is 0 Å². The number of ether oxygens (including phenoxy) is 2. The van der Waals surface area contributed by atoms with Gasteiger partial charge in [-0.05, 0) is 24.7 Å². The van der Waals surface area contributed by atoms with Crippen molar-refractivity contribution in [3.05, 3.63) is 0 Å². The Balaban J connectivity index is 3.73. The third-order valence-electron chi connectivity index (χ3n) is 5.14. The number of unbranched alkanes of at least 4 members (excludes halogenated alkanes) is 12. The van der Waals surface area contributed by atoms with Gasteiger partial charge in [0.25, 0.3) is 0 Å². The van der Waals surface area contributed by atoms with E-state index in [0.717, 1.165) is 26.2 Å². The topological polar surface area (TPSA) is 18.5 Å². The van der Waals surface area contributed by atoms with E-state index in [1.165, 1.54) is 89.9 Å². The Morgan fingerprint density at radius 1 is 0.593 bits per heavy atom. The van der Waals surface area contributed by atoms with Crippen LogP contribution < -0.4 is 0 Å².